The van der Waals surface area contributed by atoms with Crippen molar-refractivity contribution in [1.29, 1.82) is 0 Å². The molecule has 3 rings (SSSR count). The monoisotopic (exact) mass is 389 g/mol. The number of rotatable bonds is 6. The van der Waals surface area contributed by atoms with Crippen LogP contribution in [-0.4, -0.2) is 103 Å². The summed E-state index contributed by atoms with van der Waals surface area (Å²) in [5, 5.41) is 37.0. The van der Waals surface area contributed by atoms with Gasteiger partial charge >= 0.3 is 0 Å². The van der Waals surface area contributed by atoms with Crippen LogP contribution < -0.4 is 16.4 Å². The van der Waals surface area contributed by atoms with Crippen molar-refractivity contribution < 1.29 is 29.5 Å². The molecule has 9 heteroatoms. The van der Waals surface area contributed by atoms with Gasteiger partial charge in [0, 0.05) is 32.4 Å². The fourth-order valence-corrected chi connectivity index (χ4v) is 3.91. The first-order valence-electron chi connectivity index (χ1n) is 10.0. The molecule has 9 unspecified atom stereocenters. The normalized spacial score (nSPS) is 46.3. The number of aliphatic hydroxyl groups excluding tert-OH is 3. The number of nitrogens with two attached hydrogens (primary N) is 1. The molecule has 0 aromatic rings. The molecule has 9 nitrogen and oxygen atoms in total. The van der Waals surface area contributed by atoms with Gasteiger partial charge < -0.3 is 45.9 Å². The Kier molecular flexibility index (Phi) is 7.83. The first-order valence-corrected chi connectivity index (χ1v) is 10.0. The van der Waals surface area contributed by atoms with E-state index in [2.05, 4.69) is 10.6 Å². The third-order valence-electron chi connectivity index (χ3n) is 5.82. The third-order valence-corrected chi connectivity index (χ3v) is 5.82. The average Bonchev–Trinajstić information content (AvgIpc) is 2.63. The van der Waals surface area contributed by atoms with E-state index in [0.29, 0.717) is 52.2 Å². The minimum Gasteiger partial charge on any atom is -0.391 e. The van der Waals surface area contributed by atoms with E-state index in [0.717, 1.165) is 0 Å². The van der Waals surface area contributed by atoms with Crippen molar-refractivity contribution in [3.05, 3.63) is 0 Å². The number of nitrogens with one attached hydrogen (secondary N) is 2. The van der Waals surface area contributed by atoms with Gasteiger partial charge in [0.25, 0.3) is 0 Å². The van der Waals surface area contributed by atoms with E-state index in [1.165, 1.54) is 0 Å². The van der Waals surface area contributed by atoms with Gasteiger partial charge in [0.15, 0.2) is 0 Å². The van der Waals surface area contributed by atoms with Crippen LogP contribution >= 0.6 is 0 Å². The lowest BCUT2D eigenvalue weighted by molar-refractivity contribution is -0.0855. The Balaban J connectivity index is 1.34. The molecule has 7 N–H and O–H groups in total. The lowest BCUT2D eigenvalue weighted by Crippen LogP contribution is -2.56. The fourth-order valence-electron chi connectivity index (χ4n) is 3.91. The van der Waals surface area contributed by atoms with Crippen molar-refractivity contribution in [3.63, 3.8) is 0 Å². The zero-order chi connectivity index (χ0) is 19.4. The molecule has 0 amide bonds. The first kappa shape index (κ1) is 21.4. The second-order valence-corrected chi connectivity index (χ2v) is 8.16. The molecule has 0 aromatic heterocycles. The van der Waals surface area contributed by atoms with Gasteiger partial charge in [0.05, 0.1) is 74.6 Å². The summed E-state index contributed by atoms with van der Waals surface area (Å²) in [6.07, 6.45) is 0.0267. The molecule has 3 aliphatic heterocycles. The highest BCUT2D eigenvalue weighted by atomic mass is 16.5. The molecule has 0 aliphatic carbocycles. The zero-order valence-electron chi connectivity index (χ0n) is 16.0. The molecule has 3 saturated heterocycles. The van der Waals surface area contributed by atoms with E-state index in [-0.39, 0.29) is 36.4 Å². The zero-order valence-corrected chi connectivity index (χ0v) is 16.0. The van der Waals surface area contributed by atoms with Crippen LogP contribution in [0.15, 0.2) is 0 Å². The number of ether oxygens (including phenoxy) is 3. The number of aliphatic hydroxyl groups is 3. The highest BCUT2D eigenvalue weighted by Crippen LogP contribution is 2.18. The summed E-state index contributed by atoms with van der Waals surface area (Å²) in [6.45, 7) is 4.31. The molecule has 0 radical (unpaired) electrons. The Bertz CT molecular complexity index is 459. The van der Waals surface area contributed by atoms with Gasteiger partial charge in [-0.05, 0) is 6.92 Å². The van der Waals surface area contributed by atoms with Crippen LogP contribution in [-0.2, 0) is 14.2 Å². The maximum Gasteiger partial charge on any atom is 0.0740 e. The molecule has 0 saturated carbocycles. The standard InChI is InChI=1S/C18H35N3O6/c1-10-2-17(23)14(8-25-10)20-6-12-4-18(24)15(9-27-12)21-5-11-3-16(22)13(19)7-26-11/h10-18,20-24H,2-9,19H2,1H3. The SMILES string of the molecule is CC1CC(O)C(NCC2CC(O)C(NCC3CC(O)C(N)CO3)CO2)CO1. The van der Waals surface area contributed by atoms with E-state index in [4.69, 9.17) is 19.9 Å². The summed E-state index contributed by atoms with van der Waals surface area (Å²) in [7, 11) is 0. The summed E-state index contributed by atoms with van der Waals surface area (Å²) < 4.78 is 17.1. The van der Waals surface area contributed by atoms with E-state index < -0.39 is 18.3 Å². The average molecular weight is 389 g/mol. The van der Waals surface area contributed by atoms with E-state index >= 15 is 0 Å². The van der Waals surface area contributed by atoms with Crippen molar-refractivity contribution in [2.24, 2.45) is 5.73 Å². The van der Waals surface area contributed by atoms with Crippen LogP contribution in [0.1, 0.15) is 26.2 Å². The van der Waals surface area contributed by atoms with Gasteiger partial charge in [-0.2, -0.15) is 0 Å². The Morgan fingerprint density at radius 1 is 0.778 bits per heavy atom. The van der Waals surface area contributed by atoms with Crippen molar-refractivity contribution in [1.82, 2.24) is 10.6 Å². The molecule has 27 heavy (non-hydrogen) atoms. The number of hydrogen-bond acceptors (Lipinski definition) is 9. The molecule has 158 valence electrons. The Morgan fingerprint density at radius 2 is 1.30 bits per heavy atom. The lowest BCUT2D eigenvalue weighted by Gasteiger charge is -2.38. The fraction of sp³-hybridized carbons (Fsp3) is 1.00. The summed E-state index contributed by atoms with van der Waals surface area (Å²) >= 11 is 0. The van der Waals surface area contributed by atoms with Crippen molar-refractivity contribution in [2.75, 3.05) is 32.9 Å². The van der Waals surface area contributed by atoms with Crippen molar-refractivity contribution in [2.45, 2.75) is 80.9 Å². The molecular weight excluding hydrogens is 354 g/mol. The predicted octanol–water partition coefficient (Wildman–Crippen LogP) is -2.30. The molecule has 9 atom stereocenters. The maximum absolute atomic E-state index is 10.4. The van der Waals surface area contributed by atoms with Gasteiger partial charge in [-0.3, -0.25) is 0 Å². The van der Waals surface area contributed by atoms with E-state index in [1.807, 2.05) is 6.92 Å². The molecule has 0 aromatic carbocycles. The summed E-state index contributed by atoms with van der Waals surface area (Å²) in [4.78, 5) is 0. The lowest BCUT2D eigenvalue weighted by atomic mass is 9.98. The largest absolute Gasteiger partial charge is 0.391 e. The highest BCUT2D eigenvalue weighted by molar-refractivity contribution is 4.89. The van der Waals surface area contributed by atoms with Gasteiger partial charge in [-0.15, -0.1) is 0 Å². The van der Waals surface area contributed by atoms with Gasteiger partial charge in [-0.1, -0.05) is 0 Å². The van der Waals surface area contributed by atoms with Crippen LogP contribution in [0.3, 0.4) is 0 Å². The van der Waals surface area contributed by atoms with Crippen LogP contribution in [0, 0.1) is 0 Å². The minimum absolute atomic E-state index is 0.0858. The number of hydrogen-bond donors (Lipinski definition) is 6. The third kappa shape index (κ3) is 6.06. The van der Waals surface area contributed by atoms with Crippen LogP contribution in [0.25, 0.3) is 0 Å². The van der Waals surface area contributed by atoms with Gasteiger partial charge in [0.1, 0.15) is 0 Å². The molecule has 3 heterocycles. The van der Waals surface area contributed by atoms with E-state index in [1.54, 1.807) is 0 Å². The second kappa shape index (κ2) is 9.91. The Labute approximate surface area is 160 Å². The second-order valence-electron chi connectivity index (χ2n) is 8.16. The van der Waals surface area contributed by atoms with Crippen LogP contribution in [0.2, 0.25) is 0 Å². The first-order chi connectivity index (χ1) is 12.9. The molecule has 3 aliphatic rings. The van der Waals surface area contributed by atoms with Gasteiger partial charge in [-0.25, -0.2) is 0 Å². The molecule has 0 spiro atoms. The van der Waals surface area contributed by atoms with Gasteiger partial charge in [0.2, 0.25) is 0 Å². The summed E-state index contributed by atoms with van der Waals surface area (Å²) in [5.74, 6) is 0. The quantitative estimate of drug-likeness (QED) is 0.296. The summed E-state index contributed by atoms with van der Waals surface area (Å²) in [5.41, 5.74) is 5.73. The summed E-state index contributed by atoms with van der Waals surface area (Å²) in [6, 6.07) is -0.588. The molecular formula is C18H35N3O6. The van der Waals surface area contributed by atoms with Crippen molar-refractivity contribution >= 4 is 0 Å². The van der Waals surface area contributed by atoms with Crippen LogP contribution in [0.5, 0.6) is 0 Å². The smallest absolute Gasteiger partial charge is 0.0740 e. The molecule has 3 fully saturated rings. The topological polar surface area (TPSA) is 138 Å². The Hall–Kier alpha value is -0.360. The minimum atomic E-state index is -0.546. The molecule has 0 bridgehead atoms. The highest BCUT2D eigenvalue weighted by Gasteiger charge is 2.33. The van der Waals surface area contributed by atoms with E-state index in [9.17, 15) is 15.3 Å². The van der Waals surface area contributed by atoms with Crippen molar-refractivity contribution in [3.8, 4) is 0 Å². The van der Waals surface area contributed by atoms with Crippen LogP contribution in [0.4, 0.5) is 0 Å². The predicted molar refractivity (Wildman–Crippen MR) is 98.3 cm³/mol. The Morgan fingerprint density at radius 3 is 1.85 bits per heavy atom. The maximum atomic E-state index is 10.4.